The SMILES string of the molecule is COc1ccc(C/C=N/NC(=O)Cn2nc(N3CCN(c4ccccn4)CC3)ccc2=O)cc1. The number of amides is 1. The molecule has 1 amide bonds. The molecule has 0 bridgehead atoms. The first kappa shape index (κ1) is 23.0. The number of anilines is 2. The van der Waals surface area contributed by atoms with Gasteiger partial charge in [0, 0.05) is 51.1 Å². The van der Waals surface area contributed by atoms with Crippen LogP contribution in [0.1, 0.15) is 5.56 Å². The molecule has 1 aromatic carbocycles. The van der Waals surface area contributed by atoms with Crippen molar-refractivity contribution in [3.63, 3.8) is 0 Å². The topological polar surface area (TPSA) is 105 Å². The summed E-state index contributed by atoms with van der Waals surface area (Å²) in [4.78, 5) is 33.2. The van der Waals surface area contributed by atoms with Crippen LogP contribution in [-0.2, 0) is 17.8 Å². The third-order valence-electron chi connectivity index (χ3n) is 5.49. The van der Waals surface area contributed by atoms with Crippen LogP contribution in [-0.4, -0.2) is 60.2 Å². The zero-order valence-corrected chi connectivity index (χ0v) is 19.0. The fourth-order valence-corrected chi connectivity index (χ4v) is 3.63. The summed E-state index contributed by atoms with van der Waals surface area (Å²) >= 11 is 0. The molecule has 1 fully saturated rings. The van der Waals surface area contributed by atoms with Crippen molar-refractivity contribution < 1.29 is 9.53 Å². The van der Waals surface area contributed by atoms with Crippen LogP contribution >= 0.6 is 0 Å². The molecule has 1 aliphatic heterocycles. The van der Waals surface area contributed by atoms with Gasteiger partial charge in [-0.3, -0.25) is 9.59 Å². The van der Waals surface area contributed by atoms with Gasteiger partial charge in [0.25, 0.3) is 11.5 Å². The van der Waals surface area contributed by atoms with E-state index in [0.717, 1.165) is 48.0 Å². The lowest BCUT2D eigenvalue weighted by Gasteiger charge is -2.36. The van der Waals surface area contributed by atoms with Gasteiger partial charge in [0.1, 0.15) is 23.9 Å². The van der Waals surface area contributed by atoms with Gasteiger partial charge in [0.15, 0.2) is 0 Å². The molecule has 1 N–H and O–H groups in total. The third kappa shape index (κ3) is 5.97. The van der Waals surface area contributed by atoms with E-state index in [1.54, 1.807) is 25.6 Å². The lowest BCUT2D eigenvalue weighted by Crippen LogP contribution is -2.47. The molecule has 0 radical (unpaired) electrons. The van der Waals surface area contributed by atoms with Gasteiger partial charge in [-0.1, -0.05) is 18.2 Å². The van der Waals surface area contributed by atoms with Crippen molar-refractivity contribution in [2.75, 3.05) is 43.1 Å². The van der Waals surface area contributed by atoms with E-state index >= 15 is 0 Å². The first-order valence-electron chi connectivity index (χ1n) is 11.0. The maximum atomic E-state index is 12.3. The van der Waals surface area contributed by atoms with Gasteiger partial charge < -0.3 is 14.5 Å². The van der Waals surface area contributed by atoms with E-state index in [-0.39, 0.29) is 12.1 Å². The van der Waals surface area contributed by atoms with Gasteiger partial charge in [-0.15, -0.1) is 0 Å². The van der Waals surface area contributed by atoms with Crippen molar-refractivity contribution in [3.05, 3.63) is 76.7 Å². The van der Waals surface area contributed by atoms with E-state index in [0.29, 0.717) is 12.2 Å². The van der Waals surface area contributed by atoms with Crippen LogP contribution in [0.5, 0.6) is 5.75 Å². The Morgan fingerprint density at radius 1 is 1.03 bits per heavy atom. The van der Waals surface area contributed by atoms with Crippen molar-refractivity contribution >= 4 is 23.8 Å². The van der Waals surface area contributed by atoms with E-state index in [9.17, 15) is 9.59 Å². The van der Waals surface area contributed by atoms with E-state index in [4.69, 9.17) is 4.74 Å². The monoisotopic (exact) mass is 461 g/mol. The molecule has 0 spiro atoms. The number of rotatable bonds is 8. The van der Waals surface area contributed by atoms with Crippen LogP contribution in [0.4, 0.5) is 11.6 Å². The minimum absolute atomic E-state index is 0.208. The Morgan fingerprint density at radius 3 is 2.44 bits per heavy atom. The van der Waals surface area contributed by atoms with Crippen molar-refractivity contribution in [2.45, 2.75) is 13.0 Å². The number of methoxy groups -OCH3 is 1. The fraction of sp³-hybridized carbons (Fsp3) is 0.292. The van der Waals surface area contributed by atoms with Gasteiger partial charge in [0.05, 0.1) is 7.11 Å². The Kier molecular flexibility index (Phi) is 7.49. The zero-order valence-electron chi connectivity index (χ0n) is 19.0. The van der Waals surface area contributed by atoms with E-state index < -0.39 is 5.91 Å². The fourth-order valence-electron chi connectivity index (χ4n) is 3.63. The lowest BCUT2D eigenvalue weighted by molar-refractivity contribution is -0.121. The van der Waals surface area contributed by atoms with Gasteiger partial charge in [-0.2, -0.15) is 10.2 Å². The summed E-state index contributed by atoms with van der Waals surface area (Å²) in [6.07, 6.45) is 3.95. The number of piperazine rings is 1. The highest BCUT2D eigenvalue weighted by Crippen LogP contribution is 2.16. The number of pyridine rings is 1. The minimum atomic E-state index is -0.419. The minimum Gasteiger partial charge on any atom is -0.497 e. The lowest BCUT2D eigenvalue weighted by atomic mass is 10.2. The zero-order chi connectivity index (χ0) is 23.8. The molecule has 4 rings (SSSR count). The summed E-state index contributed by atoms with van der Waals surface area (Å²) in [6.45, 7) is 2.86. The number of ether oxygens (including phenoxy) is 1. The Balaban J connectivity index is 1.29. The highest BCUT2D eigenvalue weighted by molar-refractivity contribution is 5.76. The summed E-state index contributed by atoms with van der Waals surface area (Å²) in [5.41, 5.74) is 3.15. The molecular formula is C24H27N7O3. The molecule has 0 unspecified atom stereocenters. The van der Waals surface area contributed by atoms with Crippen molar-refractivity contribution in [1.82, 2.24) is 20.2 Å². The Hall–Kier alpha value is -4.21. The second-order valence-electron chi connectivity index (χ2n) is 7.75. The Morgan fingerprint density at radius 2 is 1.76 bits per heavy atom. The maximum Gasteiger partial charge on any atom is 0.267 e. The summed E-state index contributed by atoms with van der Waals surface area (Å²) in [7, 11) is 1.62. The molecule has 10 heteroatoms. The van der Waals surface area contributed by atoms with E-state index in [2.05, 4.69) is 30.4 Å². The van der Waals surface area contributed by atoms with Gasteiger partial charge >= 0.3 is 0 Å². The average Bonchev–Trinajstić information content (AvgIpc) is 2.89. The Bertz CT molecular complexity index is 1170. The molecule has 0 aliphatic carbocycles. The molecule has 176 valence electrons. The van der Waals surface area contributed by atoms with Crippen molar-refractivity contribution in [3.8, 4) is 5.75 Å². The predicted octanol–water partition coefficient (Wildman–Crippen LogP) is 1.32. The number of aromatic nitrogens is 3. The predicted molar refractivity (Wildman–Crippen MR) is 130 cm³/mol. The number of hydrogen-bond acceptors (Lipinski definition) is 8. The molecular weight excluding hydrogens is 434 g/mol. The van der Waals surface area contributed by atoms with Crippen LogP contribution in [0.2, 0.25) is 0 Å². The number of hydrogen-bond donors (Lipinski definition) is 1. The smallest absolute Gasteiger partial charge is 0.267 e. The number of nitrogens with zero attached hydrogens (tertiary/aromatic N) is 6. The molecule has 3 aromatic rings. The van der Waals surface area contributed by atoms with Crippen LogP contribution in [0.25, 0.3) is 0 Å². The largest absolute Gasteiger partial charge is 0.497 e. The van der Waals surface area contributed by atoms with Gasteiger partial charge in [-0.25, -0.2) is 15.1 Å². The molecule has 0 atom stereocenters. The van der Waals surface area contributed by atoms with E-state index in [1.165, 1.54) is 6.07 Å². The normalized spacial score (nSPS) is 13.8. The first-order valence-corrected chi connectivity index (χ1v) is 11.0. The van der Waals surface area contributed by atoms with Gasteiger partial charge in [-0.05, 0) is 35.9 Å². The number of benzene rings is 1. The molecule has 34 heavy (non-hydrogen) atoms. The summed E-state index contributed by atoms with van der Waals surface area (Å²) < 4.78 is 6.29. The third-order valence-corrected chi connectivity index (χ3v) is 5.49. The number of carbonyl (C=O) groups is 1. The molecule has 1 saturated heterocycles. The van der Waals surface area contributed by atoms with Crippen LogP contribution in [0.15, 0.2) is 70.7 Å². The van der Waals surface area contributed by atoms with Gasteiger partial charge in [0.2, 0.25) is 0 Å². The molecule has 2 aromatic heterocycles. The standard InChI is InChI=1S/C24H27N7O3/c1-34-20-7-5-19(6-8-20)11-13-26-27-23(32)18-31-24(33)10-9-22(28-31)30-16-14-29(15-17-30)21-4-2-3-12-25-21/h2-10,12-13H,11,14-18H2,1H3,(H,27,32)/b26-13+. The molecule has 1 aliphatic rings. The summed E-state index contributed by atoms with van der Waals surface area (Å²) in [6, 6.07) is 16.6. The van der Waals surface area contributed by atoms with Crippen molar-refractivity contribution in [1.29, 1.82) is 0 Å². The maximum absolute atomic E-state index is 12.3. The molecule has 3 heterocycles. The Labute approximate surface area is 197 Å². The second-order valence-corrected chi connectivity index (χ2v) is 7.75. The highest BCUT2D eigenvalue weighted by atomic mass is 16.5. The highest BCUT2D eigenvalue weighted by Gasteiger charge is 2.19. The van der Waals surface area contributed by atoms with E-state index in [1.807, 2.05) is 42.5 Å². The first-order chi connectivity index (χ1) is 16.6. The number of hydrazone groups is 1. The van der Waals surface area contributed by atoms with Crippen molar-refractivity contribution in [2.24, 2.45) is 5.10 Å². The number of carbonyl (C=O) groups excluding carboxylic acids is 1. The number of nitrogens with one attached hydrogen (secondary N) is 1. The summed E-state index contributed by atoms with van der Waals surface area (Å²) in [5, 5.41) is 8.36. The average molecular weight is 462 g/mol. The second kappa shape index (κ2) is 11.1. The van der Waals surface area contributed by atoms with Crippen LogP contribution in [0, 0.1) is 0 Å². The quantitative estimate of drug-likeness (QED) is 0.398. The molecule has 0 saturated carbocycles. The molecule has 10 nitrogen and oxygen atoms in total. The van der Waals surface area contributed by atoms with Crippen LogP contribution < -0.4 is 25.5 Å². The van der Waals surface area contributed by atoms with Crippen LogP contribution in [0.3, 0.4) is 0 Å². The summed E-state index contributed by atoms with van der Waals surface area (Å²) in [5.74, 6) is 1.97.